The highest BCUT2D eigenvalue weighted by Crippen LogP contribution is 2.69. The molecule has 3 heteroatoms. The second-order valence-corrected chi connectivity index (χ2v) is 13.0. The van der Waals surface area contributed by atoms with Crippen LogP contribution in [0.3, 0.4) is 0 Å². The Morgan fingerprint density at radius 2 is 1.91 bits per heavy atom. The highest BCUT2D eigenvalue weighted by Gasteiger charge is 2.66. The van der Waals surface area contributed by atoms with Crippen LogP contribution in [0.4, 0.5) is 0 Å². The van der Waals surface area contributed by atoms with E-state index in [-0.39, 0.29) is 16.6 Å². The van der Waals surface area contributed by atoms with E-state index in [0.29, 0.717) is 17.9 Å². The zero-order valence-corrected chi connectivity index (χ0v) is 21.3. The Morgan fingerprint density at radius 3 is 2.80 bits per heavy atom. The Balaban J connectivity index is 1.15. The van der Waals surface area contributed by atoms with Gasteiger partial charge in [-0.05, 0) is 123 Å². The van der Waals surface area contributed by atoms with Crippen LogP contribution in [0, 0.1) is 11.3 Å². The highest BCUT2D eigenvalue weighted by atomic mass is 16.5. The van der Waals surface area contributed by atoms with Gasteiger partial charge in [0, 0.05) is 29.9 Å². The first-order valence-corrected chi connectivity index (χ1v) is 14.2. The molecule has 3 saturated carbocycles. The molecule has 182 valence electrons. The van der Waals surface area contributed by atoms with E-state index < -0.39 is 0 Å². The zero-order valence-electron chi connectivity index (χ0n) is 21.3. The molecule has 4 fully saturated rings. The van der Waals surface area contributed by atoms with Gasteiger partial charge in [0.25, 0.3) is 0 Å². The number of nitrogens with zero attached hydrogens (tertiary/aromatic N) is 2. The van der Waals surface area contributed by atoms with Crippen LogP contribution < -0.4 is 0 Å². The van der Waals surface area contributed by atoms with Crippen LogP contribution >= 0.6 is 0 Å². The Labute approximate surface area is 209 Å². The Hall–Kier alpha value is -1.97. The molecule has 2 spiro atoms. The van der Waals surface area contributed by atoms with Crippen molar-refractivity contribution in [1.29, 1.82) is 0 Å². The summed E-state index contributed by atoms with van der Waals surface area (Å²) in [5, 5.41) is 2.57. The molecule has 2 aromatic rings. The van der Waals surface area contributed by atoms with Crippen molar-refractivity contribution in [2.24, 2.45) is 11.3 Å². The summed E-state index contributed by atoms with van der Waals surface area (Å²) in [6, 6.07) is 10.8. The van der Waals surface area contributed by atoms with Crippen molar-refractivity contribution in [3.63, 3.8) is 0 Å². The van der Waals surface area contributed by atoms with Crippen LogP contribution in [0.5, 0.6) is 0 Å². The van der Waals surface area contributed by atoms with Crippen molar-refractivity contribution in [3.8, 4) is 0 Å². The smallest absolute Gasteiger partial charge is 0.0974 e. The largest absolute Gasteiger partial charge is 0.359 e. The third-order valence-electron chi connectivity index (χ3n) is 11.4. The average molecular weight is 467 g/mol. The maximum atomic E-state index is 7.52. The molecule has 3 heterocycles. The number of hydrogen-bond acceptors (Lipinski definition) is 3. The molecule has 2 aliphatic heterocycles. The SMILES string of the molecule is CN(C1CC1)C1CCC2=CC3=CC[C@]4(C)[C@@H](c5ccc6ccncc6c5)CC[C@H]4[C@@]34CC[C@]2(C1)O4. The first-order valence-electron chi connectivity index (χ1n) is 14.2. The fourth-order valence-electron chi connectivity index (χ4n) is 9.38. The van der Waals surface area contributed by atoms with Crippen LogP contribution in [-0.2, 0) is 4.74 Å². The lowest BCUT2D eigenvalue weighted by molar-refractivity contribution is -0.140. The Kier molecular flexibility index (Phi) is 4.27. The number of benzene rings is 1. The third-order valence-corrected chi connectivity index (χ3v) is 11.4. The number of rotatable bonds is 3. The van der Waals surface area contributed by atoms with E-state index in [1.165, 1.54) is 80.5 Å². The van der Waals surface area contributed by atoms with Gasteiger partial charge in [-0.15, -0.1) is 0 Å². The first kappa shape index (κ1) is 21.1. The molecule has 1 unspecified atom stereocenters. The second-order valence-electron chi connectivity index (χ2n) is 13.0. The number of allylic oxidation sites excluding steroid dienone is 1. The number of ether oxygens (including phenoxy) is 1. The van der Waals surface area contributed by atoms with Crippen molar-refractivity contribution >= 4 is 10.8 Å². The van der Waals surface area contributed by atoms with E-state index in [0.717, 1.165) is 6.04 Å². The van der Waals surface area contributed by atoms with Crippen molar-refractivity contribution in [2.75, 3.05) is 7.05 Å². The molecule has 0 amide bonds. The maximum Gasteiger partial charge on any atom is 0.0974 e. The van der Waals surface area contributed by atoms with Crippen molar-refractivity contribution in [2.45, 2.75) is 100 Å². The highest BCUT2D eigenvalue weighted by molar-refractivity contribution is 5.82. The van der Waals surface area contributed by atoms with Gasteiger partial charge in [0.2, 0.25) is 0 Å². The third kappa shape index (κ3) is 2.83. The summed E-state index contributed by atoms with van der Waals surface area (Å²) in [5.41, 5.74) is 4.89. The van der Waals surface area contributed by atoms with Gasteiger partial charge in [-0.2, -0.15) is 0 Å². The Bertz CT molecular complexity index is 1280. The molecule has 1 aromatic heterocycles. The number of aromatic nitrogens is 1. The minimum Gasteiger partial charge on any atom is -0.359 e. The molecule has 6 atom stereocenters. The summed E-state index contributed by atoms with van der Waals surface area (Å²) in [6.07, 6.45) is 21.9. The van der Waals surface area contributed by atoms with Gasteiger partial charge < -0.3 is 9.64 Å². The quantitative estimate of drug-likeness (QED) is 0.490. The first-order chi connectivity index (χ1) is 17.0. The lowest BCUT2D eigenvalue weighted by atomic mass is 9.58. The van der Waals surface area contributed by atoms with E-state index in [1.807, 2.05) is 12.4 Å². The monoisotopic (exact) mass is 466 g/mol. The number of fused-ring (bicyclic) bond motifs is 2. The standard InChI is InChI=1S/C32H38N2O/c1-30-13-11-25-18-24-5-6-27(34(2)26-7-8-26)19-31(24)14-15-32(25,35-31)29(30)10-9-28(30)22-4-3-21-12-16-33-20-23(21)17-22/h3-4,11-12,16-18,20,26-29H,5-10,13-15,19H2,1-2H3/t27?,28-,29-,30-,31-,32-/m1/s1. The van der Waals surface area contributed by atoms with Crippen LogP contribution in [-0.4, -0.2) is 40.2 Å². The van der Waals surface area contributed by atoms with E-state index in [1.54, 1.807) is 11.1 Å². The van der Waals surface area contributed by atoms with E-state index in [4.69, 9.17) is 4.74 Å². The molecule has 35 heavy (non-hydrogen) atoms. The molecule has 0 radical (unpaired) electrons. The van der Waals surface area contributed by atoms with Crippen LogP contribution in [0.2, 0.25) is 0 Å². The van der Waals surface area contributed by atoms with Gasteiger partial charge in [-0.1, -0.05) is 31.2 Å². The lowest BCUT2D eigenvalue weighted by Gasteiger charge is -2.55. The molecule has 0 N–H and O–H groups in total. The minimum absolute atomic E-state index is 0.00830. The van der Waals surface area contributed by atoms with Gasteiger partial charge in [0.1, 0.15) is 0 Å². The summed E-state index contributed by atoms with van der Waals surface area (Å²) in [5.74, 6) is 1.21. The predicted molar refractivity (Wildman–Crippen MR) is 140 cm³/mol. The maximum absolute atomic E-state index is 7.52. The summed E-state index contributed by atoms with van der Waals surface area (Å²) >= 11 is 0. The minimum atomic E-state index is -0.0519. The van der Waals surface area contributed by atoms with Crippen molar-refractivity contribution in [3.05, 3.63) is 65.5 Å². The predicted octanol–water partition coefficient (Wildman–Crippen LogP) is 6.94. The molecule has 4 aliphatic carbocycles. The van der Waals surface area contributed by atoms with Crippen LogP contribution in [0.15, 0.2) is 60.0 Å². The molecule has 1 aromatic carbocycles. The van der Waals surface area contributed by atoms with Crippen LogP contribution in [0.25, 0.3) is 10.8 Å². The van der Waals surface area contributed by atoms with Gasteiger partial charge in [0.05, 0.1) is 11.2 Å². The van der Waals surface area contributed by atoms with Gasteiger partial charge in [-0.25, -0.2) is 0 Å². The van der Waals surface area contributed by atoms with Crippen molar-refractivity contribution in [1.82, 2.24) is 9.88 Å². The van der Waals surface area contributed by atoms with E-state index in [2.05, 4.69) is 60.3 Å². The normalized spacial score (nSPS) is 41.9. The van der Waals surface area contributed by atoms with E-state index >= 15 is 0 Å². The molecule has 8 rings (SSSR count). The molecular weight excluding hydrogens is 428 g/mol. The van der Waals surface area contributed by atoms with Gasteiger partial charge in [0.15, 0.2) is 0 Å². The topological polar surface area (TPSA) is 25.4 Å². The van der Waals surface area contributed by atoms with Crippen molar-refractivity contribution < 1.29 is 4.74 Å². The average Bonchev–Trinajstić information content (AvgIpc) is 3.60. The summed E-state index contributed by atoms with van der Waals surface area (Å²) in [7, 11) is 2.38. The zero-order chi connectivity index (χ0) is 23.4. The summed E-state index contributed by atoms with van der Waals surface area (Å²) in [6.45, 7) is 2.59. The van der Waals surface area contributed by atoms with Gasteiger partial charge in [-0.3, -0.25) is 4.98 Å². The van der Waals surface area contributed by atoms with Crippen LogP contribution in [0.1, 0.15) is 82.6 Å². The fraction of sp³-hybridized carbons (Fsp3) is 0.594. The lowest BCUT2D eigenvalue weighted by Crippen LogP contribution is -2.55. The molecule has 3 nitrogen and oxygen atoms in total. The molecule has 1 saturated heterocycles. The fourth-order valence-corrected chi connectivity index (χ4v) is 9.38. The number of hydrogen-bond donors (Lipinski definition) is 0. The molecule has 2 bridgehead atoms. The van der Waals surface area contributed by atoms with E-state index in [9.17, 15) is 0 Å². The molecule has 6 aliphatic rings. The second kappa shape index (κ2) is 7.07. The molecular formula is C32H38N2O. The Morgan fingerprint density at radius 1 is 1.00 bits per heavy atom. The summed E-state index contributed by atoms with van der Waals surface area (Å²) < 4.78 is 7.52. The number of pyridine rings is 1. The summed E-state index contributed by atoms with van der Waals surface area (Å²) in [4.78, 5) is 7.10. The van der Waals surface area contributed by atoms with Gasteiger partial charge >= 0.3 is 0 Å².